The maximum absolute atomic E-state index is 12.0. The lowest BCUT2D eigenvalue weighted by molar-refractivity contribution is -0.134. The molecule has 0 N–H and O–H groups in total. The molecule has 0 saturated carbocycles. The third-order valence-electron chi connectivity index (χ3n) is 3.56. The number of halogens is 1. The van der Waals surface area contributed by atoms with Gasteiger partial charge in [0.1, 0.15) is 0 Å². The lowest BCUT2D eigenvalue weighted by Gasteiger charge is -2.23. The number of hydrogen-bond acceptors (Lipinski definition) is 5. The highest BCUT2D eigenvalue weighted by Crippen LogP contribution is 2.17. The van der Waals surface area contributed by atoms with Crippen molar-refractivity contribution in [1.29, 1.82) is 0 Å². The average molecular weight is 390 g/mol. The minimum Gasteiger partial charge on any atom is -0.452 e. The van der Waals surface area contributed by atoms with E-state index in [-0.39, 0.29) is 17.5 Å². The maximum Gasteiger partial charge on any atom is 0.338 e. The highest BCUT2D eigenvalue weighted by molar-refractivity contribution is 9.10. The van der Waals surface area contributed by atoms with Crippen LogP contribution in [0.2, 0.25) is 0 Å². The van der Waals surface area contributed by atoms with E-state index in [1.165, 1.54) is 11.9 Å². The Morgan fingerprint density at radius 2 is 1.95 bits per heavy atom. The molecule has 6 nitrogen and oxygen atoms in total. The van der Waals surface area contributed by atoms with Crippen molar-refractivity contribution in [3.63, 3.8) is 0 Å². The molecule has 1 saturated heterocycles. The van der Waals surface area contributed by atoms with Gasteiger partial charge in [-0.1, -0.05) is 15.9 Å². The zero-order valence-corrected chi connectivity index (χ0v) is 14.4. The normalized spacial score (nSPS) is 19.6. The fourth-order valence-electron chi connectivity index (χ4n) is 2.18. The molecule has 1 amide bonds. The minimum atomic E-state index is -3.06. The number of likely N-dealkylation sites (N-methyl/N-ethyl adjacent to an activating group) is 1. The molecule has 1 aliphatic heterocycles. The Morgan fingerprint density at radius 1 is 1.32 bits per heavy atom. The average Bonchev–Trinajstić information content (AvgIpc) is 2.84. The van der Waals surface area contributed by atoms with Crippen LogP contribution >= 0.6 is 15.9 Å². The molecule has 1 fully saturated rings. The molecule has 1 aromatic carbocycles. The molecule has 0 radical (unpaired) electrons. The maximum atomic E-state index is 12.0. The third-order valence-corrected chi connectivity index (χ3v) is 5.84. The van der Waals surface area contributed by atoms with Gasteiger partial charge in [-0.05, 0) is 30.7 Å². The van der Waals surface area contributed by atoms with Gasteiger partial charge in [-0.3, -0.25) is 4.79 Å². The molecule has 8 heteroatoms. The van der Waals surface area contributed by atoms with Gasteiger partial charge in [0.15, 0.2) is 16.4 Å². The lowest BCUT2D eigenvalue weighted by Crippen LogP contribution is -2.40. The Labute approximate surface area is 137 Å². The molecule has 22 heavy (non-hydrogen) atoms. The van der Waals surface area contributed by atoms with Gasteiger partial charge in [0, 0.05) is 17.6 Å². The van der Waals surface area contributed by atoms with E-state index in [0.717, 1.165) is 4.47 Å². The summed E-state index contributed by atoms with van der Waals surface area (Å²) in [5.74, 6) is -0.940. The van der Waals surface area contributed by atoms with Crippen LogP contribution in [-0.2, 0) is 19.4 Å². The zero-order valence-electron chi connectivity index (χ0n) is 12.0. The summed E-state index contributed by atoms with van der Waals surface area (Å²) in [6.45, 7) is -0.401. The van der Waals surface area contributed by atoms with Crippen molar-refractivity contribution in [1.82, 2.24) is 4.90 Å². The van der Waals surface area contributed by atoms with Gasteiger partial charge in [-0.2, -0.15) is 0 Å². The summed E-state index contributed by atoms with van der Waals surface area (Å²) in [5.41, 5.74) is 0.349. The second kappa shape index (κ2) is 6.78. The van der Waals surface area contributed by atoms with Gasteiger partial charge < -0.3 is 9.64 Å². The van der Waals surface area contributed by atoms with Crippen molar-refractivity contribution >= 4 is 37.6 Å². The molecule has 0 aromatic heterocycles. The summed E-state index contributed by atoms with van der Waals surface area (Å²) >= 11 is 3.26. The van der Waals surface area contributed by atoms with Gasteiger partial charge in [0.2, 0.25) is 0 Å². The number of sulfone groups is 1. The van der Waals surface area contributed by atoms with E-state index in [9.17, 15) is 18.0 Å². The quantitative estimate of drug-likeness (QED) is 0.723. The topological polar surface area (TPSA) is 80.8 Å². The van der Waals surface area contributed by atoms with Crippen molar-refractivity contribution < 1.29 is 22.7 Å². The highest BCUT2D eigenvalue weighted by Gasteiger charge is 2.32. The van der Waals surface area contributed by atoms with Gasteiger partial charge in [-0.15, -0.1) is 0 Å². The molecule has 2 rings (SSSR count). The van der Waals surface area contributed by atoms with Gasteiger partial charge >= 0.3 is 5.97 Å². The number of rotatable bonds is 4. The summed E-state index contributed by atoms with van der Waals surface area (Å²) in [7, 11) is -1.53. The van der Waals surface area contributed by atoms with Crippen LogP contribution in [0.15, 0.2) is 28.7 Å². The number of esters is 1. The van der Waals surface area contributed by atoms with Gasteiger partial charge in [0.25, 0.3) is 5.91 Å². The highest BCUT2D eigenvalue weighted by atomic mass is 79.9. The van der Waals surface area contributed by atoms with Crippen molar-refractivity contribution in [3.8, 4) is 0 Å². The van der Waals surface area contributed by atoms with E-state index in [4.69, 9.17) is 4.74 Å². The number of benzene rings is 1. The lowest BCUT2D eigenvalue weighted by atomic mass is 10.2. The van der Waals surface area contributed by atoms with Crippen LogP contribution < -0.4 is 0 Å². The standard InChI is InChI=1S/C14H16BrNO5S/c1-16(12-6-7-22(19,20)9-12)13(17)8-21-14(18)10-2-4-11(15)5-3-10/h2-5,12H,6-9H2,1H3. The Hall–Kier alpha value is -1.41. The largest absolute Gasteiger partial charge is 0.452 e. The van der Waals surface area contributed by atoms with E-state index < -0.39 is 28.3 Å². The number of hydrogen-bond donors (Lipinski definition) is 0. The molecule has 1 heterocycles. The van der Waals surface area contributed by atoms with Crippen molar-refractivity contribution in [3.05, 3.63) is 34.3 Å². The summed E-state index contributed by atoms with van der Waals surface area (Å²) in [6, 6.07) is 6.24. The van der Waals surface area contributed by atoms with Crippen LogP contribution in [0.4, 0.5) is 0 Å². The second-order valence-electron chi connectivity index (χ2n) is 5.14. The van der Waals surface area contributed by atoms with Crippen LogP contribution in [0.25, 0.3) is 0 Å². The first-order valence-corrected chi connectivity index (χ1v) is 9.29. The molecule has 1 aliphatic rings. The van der Waals surface area contributed by atoms with Crippen LogP contribution in [-0.4, -0.2) is 56.4 Å². The van der Waals surface area contributed by atoms with E-state index in [0.29, 0.717) is 12.0 Å². The van der Waals surface area contributed by atoms with Crippen LogP contribution in [0.3, 0.4) is 0 Å². The molecule has 1 aromatic rings. The summed E-state index contributed by atoms with van der Waals surface area (Å²) in [4.78, 5) is 25.1. The summed E-state index contributed by atoms with van der Waals surface area (Å²) < 4.78 is 28.6. The number of ether oxygens (including phenoxy) is 1. The van der Waals surface area contributed by atoms with Gasteiger partial charge in [-0.25, -0.2) is 13.2 Å². The molecular weight excluding hydrogens is 374 g/mol. The molecule has 1 atom stereocenters. The van der Waals surface area contributed by atoms with Crippen LogP contribution in [0, 0.1) is 0 Å². The second-order valence-corrected chi connectivity index (χ2v) is 8.29. The van der Waals surface area contributed by atoms with Gasteiger partial charge in [0.05, 0.1) is 17.1 Å². The monoisotopic (exact) mass is 389 g/mol. The molecule has 1 unspecified atom stereocenters. The molecule has 0 bridgehead atoms. The Morgan fingerprint density at radius 3 is 2.50 bits per heavy atom. The van der Waals surface area contributed by atoms with Crippen LogP contribution in [0.1, 0.15) is 16.8 Å². The smallest absolute Gasteiger partial charge is 0.338 e. The Kier molecular flexibility index (Phi) is 5.23. The van der Waals surface area contributed by atoms with Crippen molar-refractivity contribution in [2.45, 2.75) is 12.5 Å². The number of amides is 1. The minimum absolute atomic E-state index is 0.0318. The third kappa shape index (κ3) is 4.30. The van der Waals surface area contributed by atoms with E-state index >= 15 is 0 Å². The molecule has 0 aliphatic carbocycles. The molecular formula is C14H16BrNO5S. The SMILES string of the molecule is CN(C(=O)COC(=O)c1ccc(Br)cc1)C1CCS(=O)(=O)C1. The number of carbonyl (C=O) groups is 2. The van der Waals surface area contributed by atoms with E-state index in [1.807, 2.05) is 0 Å². The molecule has 120 valence electrons. The fourth-order valence-corrected chi connectivity index (χ4v) is 4.22. The predicted molar refractivity (Wildman–Crippen MR) is 84.3 cm³/mol. The summed E-state index contributed by atoms with van der Waals surface area (Å²) in [5, 5.41) is 0. The Balaban J connectivity index is 1.87. The van der Waals surface area contributed by atoms with Crippen LogP contribution in [0.5, 0.6) is 0 Å². The van der Waals surface area contributed by atoms with E-state index in [1.54, 1.807) is 24.3 Å². The summed E-state index contributed by atoms with van der Waals surface area (Å²) in [6.07, 6.45) is 0.422. The fraction of sp³-hybridized carbons (Fsp3) is 0.429. The number of carbonyl (C=O) groups excluding carboxylic acids is 2. The number of nitrogens with zero attached hydrogens (tertiary/aromatic N) is 1. The van der Waals surface area contributed by atoms with E-state index in [2.05, 4.69) is 15.9 Å². The molecule has 0 spiro atoms. The van der Waals surface area contributed by atoms with Crippen molar-refractivity contribution in [2.75, 3.05) is 25.2 Å². The first-order chi connectivity index (χ1) is 10.3. The zero-order chi connectivity index (χ0) is 16.3. The predicted octanol–water partition coefficient (Wildman–Crippen LogP) is 1.25. The Bertz CT molecular complexity index is 671. The first-order valence-electron chi connectivity index (χ1n) is 6.67. The first kappa shape index (κ1) is 17.0. The van der Waals surface area contributed by atoms with Crippen molar-refractivity contribution in [2.24, 2.45) is 0 Å².